The number of anilines is 1. The smallest absolute Gasteiger partial charge is 0.306 e. The Kier molecular flexibility index (Phi) is 7.39. The highest BCUT2D eigenvalue weighted by molar-refractivity contribution is 5.78. The van der Waals surface area contributed by atoms with E-state index in [1.165, 1.54) is 4.90 Å². The highest BCUT2D eigenvalue weighted by Gasteiger charge is 2.11. The average Bonchev–Trinajstić information content (AvgIpc) is 2.50. The number of carbonyl (C=O) groups excluding carboxylic acids is 2. The molecule has 1 atom stereocenters. The first-order chi connectivity index (χ1) is 10.5. The van der Waals surface area contributed by atoms with Crippen LogP contribution in [0.4, 0.5) is 5.69 Å². The molecule has 6 heteroatoms. The number of rotatable bonds is 9. The van der Waals surface area contributed by atoms with Crippen molar-refractivity contribution < 1.29 is 19.1 Å². The Morgan fingerprint density at radius 1 is 1.45 bits per heavy atom. The van der Waals surface area contributed by atoms with Crippen molar-refractivity contribution in [2.24, 2.45) is 5.73 Å². The summed E-state index contributed by atoms with van der Waals surface area (Å²) in [6.07, 6.45) is 1.56. The molecule has 1 aromatic carbocycles. The fourth-order valence-electron chi connectivity index (χ4n) is 1.87. The fourth-order valence-corrected chi connectivity index (χ4v) is 1.87. The van der Waals surface area contributed by atoms with Gasteiger partial charge in [0.15, 0.2) is 0 Å². The second-order valence-electron chi connectivity index (χ2n) is 5.11. The molecule has 1 amide bonds. The quantitative estimate of drug-likeness (QED) is 0.552. The molecule has 0 spiro atoms. The predicted octanol–water partition coefficient (Wildman–Crippen LogP) is 1.50. The van der Waals surface area contributed by atoms with Gasteiger partial charge in [-0.2, -0.15) is 0 Å². The molecule has 0 aliphatic heterocycles. The largest absolute Gasteiger partial charge is 0.490 e. The van der Waals surface area contributed by atoms with Gasteiger partial charge in [0.1, 0.15) is 12.4 Å². The number of aryl methyl sites for hydroxylation is 1. The van der Waals surface area contributed by atoms with Crippen molar-refractivity contribution in [2.75, 3.05) is 25.2 Å². The number of benzene rings is 1. The van der Waals surface area contributed by atoms with Gasteiger partial charge in [0, 0.05) is 19.5 Å². The Labute approximate surface area is 131 Å². The number of nitrogens with two attached hydrogens (primary N) is 1. The van der Waals surface area contributed by atoms with E-state index in [1.807, 2.05) is 19.1 Å². The van der Waals surface area contributed by atoms with E-state index in [-0.39, 0.29) is 12.0 Å². The van der Waals surface area contributed by atoms with Crippen LogP contribution in [0.2, 0.25) is 0 Å². The molecule has 1 rings (SSSR count). The number of ether oxygens (including phenoxy) is 2. The summed E-state index contributed by atoms with van der Waals surface area (Å²) < 4.78 is 10.5. The summed E-state index contributed by atoms with van der Waals surface area (Å²) in [6, 6.07) is 5.40. The summed E-state index contributed by atoms with van der Waals surface area (Å²) in [5, 5.41) is 0. The van der Waals surface area contributed by atoms with E-state index in [0.717, 1.165) is 5.56 Å². The fraction of sp³-hybridized carbons (Fsp3) is 0.500. The van der Waals surface area contributed by atoms with Crippen LogP contribution in [0.5, 0.6) is 5.75 Å². The van der Waals surface area contributed by atoms with Crippen molar-refractivity contribution in [3.05, 3.63) is 23.8 Å². The molecule has 22 heavy (non-hydrogen) atoms. The molecule has 0 aliphatic carbocycles. The molecule has 0 radical (unpaired) electrons. The second-order valence-corrected chi connectivity index (χ2v) is 5.11. The summed E-state index contributed by atoms with van der Waals surface area (Å²) in [4.78, 5) is 23.9. The summed E-state index contributed by atoms with van der Waals surface area (Å²) in [6.45, 7) is 4.36. The maximum Gasteiger partial charge on any atom is 0.306 e. The van der Waals surface area contributed by atoms with Gasteiger partial charge in [-0.25, -0.2) is 0 Å². The molecule has 0 fully saturated rings. The van der Waals surface area contributed by atoms with Gasteiger partial charge in [-0.1, -0.05) is 6.07 Å². The van der Waals surface area contributed by atoms with Crippen molar-refractivity contribution >= 4 is 18.1 Å². The zero-order chi connectivity index (χ0) is 16.5. The van der Waals surface area contributed by atoms with Gasteiger partial charge in [0.25, 0.3) is 0 Å². The van der Waals surface area contributed by atoms with Gasteiger partial charge < -0.3 is 20.1 Å². The van der Waals surface area contributed by atoms with Gasteiger partial charge in [-0.15, -0.1) is 0 Å². The molecule has 2 N–H and O–H groups in total. The van der Waals surface area contributed by atoms with Gasteiger partial charge in [0.2, 0.25) is 6.41 Å². The van der Waals surface area contributed by atoms with Crippen LogP contribution in [-0.4, -0.2) is 38.7 Å². The zero-order valence-electron chi connectivity index (χ0n) is 13.4. The van der Waals surface area contributed by atoms with Crippen molar-refractivity contribution in [1.82, 2.24) is 0 Å². The summed E-state index contributed by atoms with van der Waals surface area (Å²) in [5.74, 6) is 0.358. The lowest BCUT2D eigenvalue weighted by Gasteiger charge is -2.18. The van der Waals surface area contributed by atoms with E-state index >= 15 is 0 Å². The van der Waals surface area contributed by atoms with E-state index in [2.05, 4.69) is 0 Å². The third-order valence-electron chi connectivity index (χ3n) is 2.99. The van der Waals surface area contributed by atoms with Crippen molar-refractivity contribution in [1.29, 1.82) is 0 Å². The van der Waals surface area contributed by atoms with Gasteiger partial charge in [0.05, 0.1) is 12.3 Å². The maximum absolute atomic E-state index is 11.4. The third kappa shape index (κ3) is 5.73. The van der Waals surface area contributed by atoms with Crippen LogP contribution >= 0.6 is 0 Å². The molecule has 0 heterocycles. The zero-order valence-corrected chi connectivity index (χ0v) is 13.4. The lowest BCUT2D eigenvalue weighted by atomic mass is 10.1. The molecule has 0 aromatic heterocycles. The second kappa shape index (κ2) is 9.04. The van der Waals surface area contributed by atoms with Crippen molar-refractivity contribution in [2.45, 2.75) is 32.7 Å². The van der Waals surface area contributed by atoms with Crippen LogP contribution in [0.25, 0.3) is 0 Å². The summed E-state index contributed by atoms with van der Waals surface area (Å²) in [7, 11) is 1.65. The van der Waals surface area contributed by atoms with Crippen LogP contribution in [0, 0.1) is 0 Å². The molecule has 0 aliphatic rings. The summed E-state index contributed by atoms with van der Waals surface area (Å²) in [5.41, 5.74) is 7.26. The Morgan fingerprint density at radius 3 is 2.77 bits per heavy atom. The minimum atomic E-state index is -0.231. The van der Waals surface area contributed by atoms with Crippen LogP contribution in [0.3, 0.4) is 0 Å². The molecular formula is C16H24N2O4. The molecule has 0 saturated carbocycles. The standard InChI is InChI=1S/C16H24N2O4/c1-4-21-16(20)8-6-13-5-7-15(22-10-12(2)17)14(9-13)18(3)11-19/h5,7,9,11-12H,4,6,8,10,17H2,1-3H3/t12-/m1/s1. The van der Waals surface area contributed by atoms with Crippen LogP contribution in [0.15, 0.2) is 18.2 Å². The average molecular weight is 308 g/mol. The number of carbonyl (C=O) groups is 2. The molecule has 6 nitrogen and oxygen atoms in total. The van der Waals surface area contributed by atoms with Crippen molar-refractivity contribution in [3.8, 4) is 5.75 Å². The van der Waals surface area contributed by atoms with E-state index in [0.29, 0.717) is 43.9 Å². The van der Waals surface area contributed by atoms with Crippen molar-refractivity contribution in [3.63, 3.8) is 0 Å². The minimum absolute atomic E-state index is 0.0992. The number of nitrogens with zero attached hydrogens (tertiary/aromatic N) is 1. The first-order valence-corrected chi connectivity index (χ1v) is 7.33. The molecular weight excluding hydrogens is 284 g/mol. The van der Waals surface area contributed by atoms with Gasteiger partial charge in [-0.05, 0) is 38.0 Å². The summed E-state index contributed by atoms with van der Waals surface area (Å²) >= 11 is 0. The monoisotopic (exact) mass is 308 g/mol. The van der Waals surface area contributed by atoms with Crippen LogP contribution in [0.1, 0.15) is 25.8 Å². The number of esters is 1. The van der Waals surface area contributed by atoms with E-state index < -0.39 is 0 Å². The van der Waals surface area contributed by atoms with E-state index in [4.69, 9.17) is 15.2 Å². The number of hydrogen-bond donors (Lipinski definition) is 1. The molecule has 122 valence electrons. The minimum Gasteiger partial charge on any atom is -0.490 e. The maximum atomic E-state index is 11.4. The normalized spacial score (nSPS) is 11.6. The molecule has 0 bridgehead atoms. The van der Waals surface area contributed by atoms with E-state index in [1.54, 1.807) is 20.0 Å². The first kappa shape index (κ1) is 18.0. The predicted molar refractivity (Wildman–Crippen MR) is 85.0 cm³/mol. The first-order valence-electron chi connectivity index (χ1n) is 7.33. The Balaban J connectivity index is 2.84. The SMILES string of the molecule is CCOC(=O)CCc1ccc(OC[C@@H](C)N)c(N(C)C=O)c1. The van der Waals surface area contributed by atoms with E-state index in [9.17, 15) is 9.59 Å². The third-order valence-corrected chi connectivity index (χ3v) is 2.99. The van der Waals surface area contributed by atoms with Crippen LogP contribution < -0.4 is 15.4 Å². The number of hydrogen-bond acceptors (Lipinski definition) is 5. The van der Waals surface area contributed by atoms with Crippen LogP contribution in [-0.2, 0) is 20.7 Å². The Hall–Kier alpha value is -2.08. The lowest BCUT2D eigenvalue weighted by Crippen LogP contribution is -2.24. The molecule has 1 aromatic rings. The lowest BCUT2D eigenvalue weighted by molar-refractivity contribution is -0.143. The highest BCUT2D eigenvalue weighted by atomic mass is 16.5. The topological polar surface area (TPSA) is 81.9 Å². The molecule has 0 saturated heterocycles. The van der Waals surface area contributed by atoms with Gasteiger partial charge in [-0.3, -0.25) is 9.59 Å². The van der Waals surface area contributed by atoms with Gasteiger partial charge >= 0.3 is 5.97 Å². The Morgan fingerprint density at radius 2 is 2.18 bits per heavy atom. The number of amides is 1. The Bertz CT molecular complexity index is 503. The molecule has 0 unspecified atom stereocenters. The highest BCUT2D eigenvalue weighted by Crippen LogP contribution is 2.29.